The van der Waals surface area contributed by atoms with Crippen LogP contribution in [0.4, 0.5) is 5.69 Å². The highest BCUT2D eigenvalue weighted by Crippen LogP contribution is 2.21. The number of nitrogens with zero attached hydrogens (tertiary/aromatic N) is 1. The smallest absolute Gasteiger partial charge is 0.336 e. The molecule has 1 aliphatic heterocycles. The van der Waals surface area contributed by atoms with E-state index in [-0.39, 0.29) is 25.7 Å². The van der Waals surface area contributed by atoms with Crippen molar-refractivity contribution < 1.29 is 38.3 Å². The minimum atomic E-state index is -1.11. The first-order valence-corrected chi connectivity index (χ1v) is 15.5. The number of imide groups is 1. The Hall–Kier alpha value is -5.37. The number of nitrogens with two attached hydrogens (primary N) is 1. The molecule has 0 bridgehead atoms. The molecule has 4 rings (SSSR count). The van der Waals surface area contributed by atoms with Gasteiger partial charge in [0.1, 0.15) is 23.7 Å². The van der Waals surface area contributed by atoms with Crippen molar-refractivity contribution in [3.8, 4) is 0 Å². The van der Waals surface area contributed by atoms with Gasteiger partial charge in [-0.1, -0.05) is 30.3 Å². The predicted molar refractivity (Wildman–Crippen MR) is 177 cm³/mol. The lowest BCUT2D eigenvalue weighted by atomic mass is 10.0. The summed E-state index contributed by atoms with van der Waals surface area (Å²) in [5, 5.41) is 16.4. The SMILES string of the molecule is CC(=O)O.Cc1cc(=O)oc2cc(NC(=O)C(CCCCN)NC(=O)C(Cc3ccccc3)NC(=O)C(C)N3C(=O)CCC3=O)ccc12. The Morgan fingerprint density at radius 1 is 0.896 bits per heavy atom. The monoisotopic (exact) mass is 663 g/mol. The molecule has 48 heavy (non-hydrogen) atoms. The summed E-state index contributed by atoms with van der Waals surface area (Å²) in [6.07, 6.45) is 1.62. The van der Waals surface area contributed by atoms with Crippen LogP contribution in [-0.4, -0.2) is 70.2 Å². The average molecular weight is 664 g/mol. The lowest BCUT2D eigenvalue weighted by molar-refractivity contribution is -0.146. The topological polar surface area (TPSA) is 218 Å². The van der Waals surface area contributed by atoms with Crippen LogP contribution in [0.2, 0.25) is 0 Å². The van der Waals surface area contributed by atoms with Gasteiger partial charge in [-0.05, 0) is 62.9 Å². The van der Waals surface area contributed by atoms with Crippen molar-refractivity contribution in [1.82, 2.24) is 15.5 Å². The van der Waals surface area contributed by atoms with Gasteiger partial charge >= 0.3 is 5.63 Å². The number of hydrogen-bond donors (Lipinski definition) is 5. The number of aryl methyl sites for hydroxylation is 1. The van der Waals surface area contributed by atoms with E-state index < -0.39 is 59.3 Å². The van der Waals surface area contributed by atoms with Crippen LogP contribution in [0.3, 0.4) is 0 Å². The number of benzene rings is 2. The largest absolute Gasteiger partial charge is 0.481 e. The zero-order valence-corrected chi connectivity index (χ0v) is 27.1. The molecule has 1 aromatic heterocycles. The molecule has 5 amide bonds. The number of carbonyl (C=O) groups is 6. The molecule has 2 aromatic carbocycles. The molecule has 2 heterocycles. The average Bonchev–Trinajstić information content (AvgIpc) is 3.36. The molecule has 14 nitrogen and oxygen atoms in total. The van der Waals surface area contributed by atoms with Crippen molar-refractivity contribution in [3.05, 3.63) is 76.1 Å². The van der Waals surface area contributed by atoms with Gasteiger partial charge in [0.15, 0.2) is 0 Å². The molecule has 256 valence electrons. The quantitative estimate of drug-likeness (QED) is 0.102. The van der Waals surface area contributed by atoms with Crippen molar-refractivity contribution >= 4 is 52.2 Å². The third-order valence-corrected chi connectivity index (χ3v) is 7.57. The van der Waals surface area contributed by atoms with E-state index in [1.165, 1.54) is 13.0 Å². The van der Waals surface area contributed by atoms with Crippen molar-refractivity contribution in [2.24, 2.45) is 5.73 Å². The highest BCUT2D eigenvalue weighted by atomic mass is 16.4. The second kappa shape index (κ2) is 17.5. The number of likely N-dealkylation sites (tertiary alicyclic amines) is 1. The summed E-state index contributed by atoms with van der Waals surface area (Å²) in [7, 11) is 0. The van der Waals surface area contributed by atoms with Gasteiger partial charge in [-0.3, -0.25) is 33.7 Å². The van der Waals surface area contributed by atoms with Crippen LogP contribution < -0.4 is 27.3 Å². The van der Waals surface area contributed by atoms with E-state index >= 15 is 0 Å². The second-order valence-corrected chi connectivity index (χ2v) is 11.4. The van der Waals surface area contributed by atoms with Gasteiger partial charge < -0.3 is 31.2 Å². The zero-order valence-electron chi connectivity index (χ0n) is 27.1. The Labute approximate surface area is 277 Å². The number of hydrogen-bond acceptors (Lipinski definition) is 9. The maximum atomic E-state index is 13.7. The van der Waals surface area contributed by atoms with Crippen molar-refractivity contribution in [1.29, 1.82) is 0 Å². The molecule has 0 aliphatic carbocycles. The minimum absolute atomic E-state index is 0.0347. The summed E-state index contributed by atoms with van der Waals surface area (Å²) < 4.78 is 5.29. The van der Waals surface area contributed by atoms with Gasteiger partial charge in [0.25, 0.3) is 5.97 Å². The van der Waals surface area contributed by atoms with Gasteiger partial charge in [-0.15, -0.1) is 0 Å². The lowest BCUT2D eigenvalue weighted by Gasteiger charge is -2.26. The molecule has 1 fully saturated rings. The summed E-state index contributed by atoms with van der Waals surface area (Å²) in [5.41, 5.74) is 7.32. The third kappa shape index (κ3) is 10.6. The Morgan fingerprint density at radius 3 is 2.15 bits per heavy atom. The second-order valence-electron chi connectivity index (χ2n) is 11.4. The van der Waals surface area contributed by atoms with Crippen LogP contribution in [0.1, 0.15) is 57.1 Å². The van der Waals surface area contributed by atoms with E-state index in [1.807, 2.05) is 6.07 Å². The maximum Gasteiger partial charge on any atom is 0.336 e. The normalized spacial score (nSPS) is 14.4. The molecular weight excluding hydrogens is 622 g/mol. The van der Waals surface area contributed by atoms with E-state index in [2.05, 4.69) is 16.0 Å². The molecule has 1 saturated heterocycles. The number of aliphatic carboxylic acids is 1. The molecule has 6 N–H and O–H groups in total. The summed E-state index contributed by atoms with van der Waals surface area (Å²) in [6, 6.07) is 12.1. The highest BCUT2D eigenvalue weighted by Gasteiger charge is 2.37. The predicted octanol–water partition coefficient (Wildman–Crippen LogP) is 2.01. The van der Waals surface area contributed by atoms with E-state index in [1.54, 1.807) is 49.4 Å². The Bertz CT molecular complexity index is 1690. The maximum absolute atomic E-state index is 13.7. The molecule has 0 saturated carbocycles. The van der Waals surface area contributed by atoms with Gasteiger partial charge in [-0.25, -0.2) is 4.79 Å². The number of carboxylic acid groups (broad SMARTS) is 1. The van der Waals surface area contributed by atoms with Crippen LogP contribution >= 0.6 is 0 Å². The number of anilines is 1. The standard InChI is InChI=1S/C32H37N5O7.C2H4O2/c1-19-16-29(40)44-26-18-22(11-12-23(19)26)34-31(42)24(10-6-7-15-33)35-32(43)25(17-21-8-4-3-5-9-21)36-30(41)20(2)37-27(38)13-14-28(37)39;1-2(3)4/h3-5,8-9,11-12,16,18,20,24-25H,6-7,10,13-15,17,33H2,1-2H3,(H,34,42)(H,35,43)(H,36,41);1H3,(H,3,4). The van der Waals surface area contributed by atoms with Gasteiger partial charge in [0.2, 0.25) is 29.5 Å². The number of unbranched alkanes of at least 4 members (excludes halogenated alkanes) is 1. The first kappa shape index (κ1) is 37.1. The Balaban J connectivity index is 0.00000148. The zero-order chi connectivity index (χ0) is 35.4. The third-order valence-electron chi connectivity index (χ3n) is 7.57. The van der Waals surface area contributed by atoms with Crippen molar-refractivity contribution in [2.45, 2.75) is 77.4 Å². The highest BCUT2D eigenvalue weighted by molar-refractivity contribution is 6.06. The van der Waals surface area contributed by atoms with E-state index in [0.29, 0.717) is 30.7 Å². The van der Waals surface area contributed by atoms with Crippen molar-refractivity contribution in [3.63, 3.8) is 0 Å². The number of nitrogens with one attached hydrogen (secondary N) is 3. The number of rotatable bonds is 13. The first-order valence-electron chi connectivity index (χ1n) is 15.5. The van der Waals surface area contributed by atoms with Crippen LogP contribution in [0.15, 0.2) is 63.8 Å². The van der Waals surface area contributed by atoms with E-state index in [4.69, 9.17) is 20.1 Å². The fourth-order valence-corrected chi connectivity index (χ4v) is 5.16. The number of carbonyl (C=O) groups excluding carboxylic acids is 5. The molecule has 3 atom stereocenters. The summed E-state index contributed by atoms with van der Waals surface area (Å²) in [6.45, 7) is 4.71. The molecule has 0 radical (unpaired) electrons. The lowest BCUT2D eigenvalue weighted by Crippen LogP contribution is -2.56. The van der Waals surface area contributed by atoms with Gasteiger partial charge in [0.05, 0.1) is 0 Å². The van der Waals surface area contributed by atoms with E-state index in [0.717, 1.165) is 28.3 Å². The minimum Gasteiger partial charge on any atom is -0.481 e. The van der Waals surface area contributed by atoms with Crippen LogP contribution in [0.5, 0.6) is 0 Å². The Morgan fingerprint density at radius 2 is 1.52 bits per heavy atom. The molecule has 14 heteroatoms. The van der Waals surface area contributed by atoms with Crippen LogP contribution in [-0.2, 0) is 35.2 Å². The van der Waals surface area contributed by atoms with Crippen LogP contribution in [0.25, 0.3) is 11.0 Å². The summed E-state index contributed by atoms with van der Waals surface area (Å²) in [4.78, 5) is 86.5. The number of amides is 5. The fourth-order valence-electron chi connectivity index (χ4n) is 5.16. The fraction of sp³-hybridized carbons (Fsp3) is 0.382. The number of fused-ring (bicyclic) bond motifs is 1. The van der Waals surface area contributed by atoms with Gasteiger partial charge in [0, 0.05) is 49.4 Å². The molecular formula is C34H41N5O9. The van der Waals surface area contributed by atoms with Crippen LogP contribution in [0, 0.1) is 6.92 Å². The molecule has 3 unspecified atom stereocenters. The number of carboxylic acids is 1. The van der Waals surface area contributed by atoms with E-state index in [9.17, 15) is 28.8 Å². The first-order chi connectivity index (χ1) is 22.8. The summed E-state index contributed by atoms with van der Waals surface area (Å²) in [5.74, 6) is -3.50. The Kier molecular flexibility index (Phi) is 13.5. The van der Waals surface area contributed by atoms with Crippen molar-refractivity contribution in [2.75, 3.05) is 11.9 Å². The molecule has 1 aliphatic rings. The molecule has 0 spiro atoms. The summed E-state index contributed by atoms with van der Waals surface area (Å²) >= 11 is 0. The van der Waals surface area contributed by atoms with Gasteiger partial charge in [-0.2, -0.15) is 0 Å². The molecule has 3 aromatic rings.